The summed E-state index contributed by atoms with van der Waals surface area (Å²) in [5, 5.41) is 4.43. The predicted octanol–water partition coefficient (Wildman–Crippen LogP) is 8.21. The van der Waals surface area contributed by atoms with E-state index in [9.17, 15) is 4.79 Å². The molecule has 3 nitrogen and oxygen atoms in total. The van der Waals surface area contributed by atoms with Crippen LogP contribution in [-0.4, -0.2) is 17.1 Å². The van der Waals surface area contributed by atoms with Gasteiger partial charge >= 0.3 is 0 Å². The van der Waals surface area contributed by atoms with Gasteiger partial charge in [0.25, 0.3) is 0 Å². The molecule has 1 aliphatic rings. The Bertz CT molecular complexity index is 1110. The first kappa shape index (κ1) is 24.8. The van der Waals surface area contributed by atoms with E-state index in [1.54, 1.807) is 11.8 Å². The minimum atomic E-state index is -0.349. The van der Waals surface area contributed by atoms with Crippen LogP contribution in [0.25, 0.3) is 10.9 Å². The number of amides is 1. The number of aryl methyl sites for hydroxylation is 1. The molecule has 34 heavy (non-hydrogen) atoms. The van der Waals surface area contributed by atoms with Gasteiger partial charge in [-0.3, -0.25) is 9.78 Å². The van der Waals surface area contributed by atoms with Crippen molar-refractivity contribution in [3.8, 4) is 0 Å². The molecule has 0 spiro atoms. The number of unbranched alkanes of at least 4 members (excludes halogenated alkanes) is 6. The molecule has 1 heterocycles. The van der Waals surface area contributed by atoms with Crippen LogP contribution in [0.3, 0.4) is 0 Å². The molecule has 0 aliphatic heterocycles. The van der Waals surface area contributed by atoms with Crippen LogP contribution < -0.4 is 5.32 Å². The van der Waals surface area contributed by atoms with Crippen molar-refractivity contribution in [3.63, 3.8) is 0 Å². The van der Waals surface area contributed by atoms with E-state index in [1.807, 2.05) is 18.3 Å². The largest absolute Gasteiger partial charge is 0.324 e. The van der Waals surface area contributed by atoms with Crippen LogP contribution in [0, 0.1) is 5.41 Å². The number of nitrogens with zero attached hydrogens (tertiary/aromatic N) is 1. The monoisotopic (exact) mass is 474 g/mol. The summed E-state index contributed by atoms with van der Waals surface area (Å²) in [6, 6.07) is 16.8. The molecular formula is C30H38N2OS. The molecule has 0 saturated heterocycles. The Labute approximate surface area is 209 Å². The third-order valence-corrected chi connectivity index (χ3v) is 8.25. The van der Waals surface area contributed by atoms with Gasteiger partial charge in [0.05, 0.1) is 16.6 Å². The number of fused-ring (bicyclic) bond motifs is 2. The first-order valence-corrected chi connectivity index (χ1v) is 14.2. The maximum Gasteiger partial charge on any atom is 0.230 e. The van der Waals surface area contributed by atoms with Crippen molar-refractivity contribution in [1.82, 2.24) is 4.98 Å². The second-order valence-electron chi connectivity index (χ2n) is 9.76. The van der Waals surface area contributed by atoms with Crippen LogP contribution in [0.4, 0.5) is 5.69 Å². The van der Waals surface area contributed by atoms with E-state index in [0.717, 1.165) is 53.6 Å². The molecule has 1 amide bonds. The lowest BCUT2D eigenvalue weighted by Crippen LogP contribution is -2.41. The second-order valence-corrected chi connectivity index (χ2v) is 10.6. The van der Waals surface area contributed by atoms with Crippen molar-refractivity contribution in [2.75, 3.05) is 11.6 Å². The third kappa shape index (κ3) is 5.66. The summed E-state index contributed by atoms with van der Waals surface area (Å²) in [5.41, 5.74) is 4.24. The summed E-state index contributed by atoms with van der Waals surface area (Å²) in [6.07, 6.45) is 16.5. The zero-order valence-electron chi connectivity index (χ0n) is 20.7. The van der Waals surface area contributed by atoms with Crippen LogP contribution in [0.1, 0.15) is 75.8 Å². The van der Waals surface area contributed by atoms with Crippen LogP contribution in [0.2, 0.25) is 0 Å². The fraction of sp³-hybridized carbons (Fsp3) is 0.467. The minimum absolute atomic E-state index is 0.180. The molecule has 4 heteroatoms. The molecule has 180 valence electrons. The van der Waals surface area contributed by atoms with E-state index < -0.39 is 0 Å². The Morgan fingerprint density at radius 3 is 2.53 bits per heavy atom. The Balaban J connectivity index is 1.56. The van der Waals surface area contributed by atoms with Crippen LogP contribution in [0.5, 0.6) is 0 Å². The molecule has 1 atom stereocenters. The molecule has 0 fully saturated rings. The lowest BCUT2D eigenvalue weighted by molar-refractivity contribution is -0.126. The highest BCUT2D eigenvalue weighted by molar-refractivity contribution is 7.98. The average Bonchev–Trinajstić information content (AvgIpc) is 2.88. The number of rotatable bonds is 11. The van der Waals surface area contributed by atoms with Crippen LogP contribution in [0.15, 0.2) is 59.6 Å². The summed E-state index contributed by atoms with van der Waals surface area (Å²) >= 11 is 1.67. The molecule has 3 aromatic rings. The Morgan fingerprint density at radius 1 is 0.971 bits per heavy atom. The van der Waals surface area contributed by atoms with Crippen molar-refractivity contribution in [2.45, 2.75) is 82.4 Å². The topological polar surface area (TPSA) is 42.0 Å². The number of hydrogen-bond donors (Lipinski definition) is 1. The number of pyridine rings is 1. The Hall–Kier alpha value is -2.33. The minimum Gasteiger partial charge on any atom is -0.324 e. The van der Waals surface area contributed by atoms with Crippen molar-refractivity contribution >= 4 is 34.3 Å². The predicted molar refractivity (Wildman–Crippen MR) is 146 cm³/mol. The van der Waals surface area contributed by atoms with Gasteiger partial charge in [0, 0.05) is 16.5 Å². The molecular weight excluding hydrogens is 436 g/mol. The zero-order chi connectivity index (χ0) is 23.8. The molecule has 2 aromatic carbocycles. The summed E-state index contributed by atoms with van der Waals surface area (Å²) in [7, 11) is 0. The SMILES string of the molecule is CCCCCCCCCC1(C(=O)Nc2c(SC)ccc3ncccc23)CCc2ccccc2C1. The summed E-state index contributed by atoms with van der Waals surface area (Å²) in [4.78, 5) is 19.7. The van der Waals surface area contributed by atoms with Crippen LogP contribution >= 0.6 is 11.8 Å². The summed E-state index contributed by atoms with van der Waals surface area (Å²) < 4.78 is 0. The highest BCUT2D eigenvalue weighted by atomic mass is 32.2. The average molecular weight is 475 g/mol. The summed E-state index contributed by atoms with van der Waals surface area (Å²) in [6.45, 7) is 2.26. The first-order valence-electron chi connectivity index (χ1n) is 13.0. The number of thioether (sulfide) groups is 1. The van der Waals surface area contributed by atoms with E-state index in [0.29, 0.717) is 0 Å². The third-order valence-electron chi connectivity index (χ3n) is 7.47. The molecule has 1 unspecified atom stereocenters. The number of carbonyl (C=O) groups excluding carboxylic acids is 1. The highest BCUT2D eigenvalue weighted by Gasteiger charge is 2.41. The first-order chi connectivity index (χ1) is 16.7. The normalized spacial score (nSPS) is 17.5. The lowest BCUT2D eigenvalue weighted by atomic mass is 9.68. The molecule has 0 saturated carbocycles. The fourth-order valence-corrected chi connectivity index (χ4v) is 5.99. The quantitative estimate of drug-likeness (QED) is 0.225. The summed E-state index contributed by atoms with van der Waals surface area (Å²) in [5.74, 6) is 0.180. The Kier molecular flexibility index (Phi) is 8.66. The molecule has 1 aliphatic carbocycles. The van der Waals surface area contributed by atoms with E-state index in [4.69, 9.17) is 0 Å². The van der Waals surface area contributed by atoms with Gasteiger partial charge in [0.15, 0.2) is 0 Å². The van der Waals surface area contributed by atoms with Gasteiger partial charge in [0.2, 0.25) is 5.91 Å². The molecule has 1 N–H and O–H groups in total. The molecule has 0 radical (unpaired) electrons. The maximum atomic E-state index is 14.1. The van der Waals surface area contributed by atoms with Crippen molar-refractivity contribution in [2.24, 2.45) is 5.41 Å². The van der Waals surface area contributed by atoms with Crippen molar-refractivity contribution in [1.29, 1.82) is 0 Å². The molecule has 0 bridgehead atoms. The Morgan fingerprint density at radius 2 is 1.74 bits per heavy atom. The lowest BCUT2D eigenvalue weighted by Gasteiger charge is -2.37. The number of benzene rings is 2. The van der Waals surface area contributed by atoms with Gasteiger partial charge in [-0.15, -0.1) is 11.8 Å². The number of hydrogen-bond acceptors (Lipinski definition) is 3. The van der Waals surface area contributed by atoms with Gasteiger partial charge in [-0.2, -0.15) is 0 Å². The van der Waals surface area contributed by atoms with Gasteiger partial charge < -0.3 is 5.32 Å². The molecule has 1 aromatic heterocycles. The number of nitrogens with one attached hydrogen (secondary N) is 1. The van der Waals surface area contributed by atoms with Crippen molar-refractivity contribution in [3.05, 3.63) is 65.9 Å². The van der Waals surface area contributed by atoms with E-state index >= 15 is 0 Å². The fourth-order valence-electron chi connectivity index (χ4n) is 5.42. The highest BCUT2D eigenvalue weighted by Crippen LogP contribution is 2.42. The van der Waals surface area contributed by atoms with Crippen LogP contribution in [-0.2, 0) is 17.6 Å². The second kappa shape index (κ2) is 11.9. The van der Waals surface area contributed by atoms with E-state index in [-0.39, 0.29) is 11.3 Å². The number of anilines is 1. The van der Waals surface area contributed by atoms with E-state index in [2.05, 4.69) is 59.9 Å². The van der Waals surface area contributed by atoms with Gasteiger partial charge in [-0.05, 0) is 67.3 Å². The standard InChI is InChI=1S/C30H38N2OS/c1-3-4-5-6-7-8-11-19-30(20-18-23-13-9-10-14-24(23)22-30)29(33)32-28-25-15-12-21-31-26(25)16-17-27(28)34-2/h9-10,12-17,21H,3-8,11,18-20,22H2,1-2H3,(H,32,33). The number of aromatic nitrogens is 1. The molecule has 4 rings (SSSR count). The van der Waals surface area contributed by atoms with E-state index in [1.165, 1.54) is 49.7 Å². The van der Waals surface area contributed by atoms with Gasteiger partial charge in [0.1, 0.15) is 0 Å². The van der Waals surface area contributed by atoms with Gasteiger partial charge in [-0.1, -0.05) is 76.1 Å². The zero-order valence-corrected chi connectivity index (χ0v) is 21.6. The maximum absolute atomic E-state index is 14.1. The number of carbonyl (C=O) groups is 1. The van der Waals surface area contributed by atoms with Gasteiger partial charge in [-0.25, -0.2) is 0 Å². The smallest absolute Gasteiger partial charge is 0.230 e. The van der Waals surface area contributed by atoms with Crippen molar-refractivity contribution < 1.29 is 4.79 Å².